The fourth-order valence-corrected chi connectivity index (χ4v) is 5.74. The van der Waals surface area contributed by atoms with Gasteiger partial charge in [0.25, 0.3) is 5.91 Å². The van der Waals surface area contributed by atoms with E-state index in [0.717, 1.165) is 41.6 Å². The second kappa shape index (κ2) is 10.3. The molecule has 1 aliphatic rings. The van der Waals surface area contributed by atoms with Gasteiger partial charge >= 0.3 is 6.03 Å². The Morgan fingerprint density at radius 1 is 1.20 bits per heavy atom. The molecule has 1 aliphatic carbocycles. The van der Waals surface area contributed by atoms with E-state index in [-0.39, 0.29) is 23.5 Å². The molecule has 0 unspecified atom stereocenters. The molecular weight excluding hydrogens is 456 g/mol. The average molecular weight is 499 g/mol. The molecule has 1 saturated carbocycles. The average Bonchev–Trinajstić information content (AvgIpc) is 3.31. The highest BCUT2D eigenvalue weighted by Crippen LogP contribution is 2.53. The maximum absolute atomic E-state index is 13.7. The van der Waals surface area contributed by atoms with Gasteiger partial charge in [0.15, 0.2) is 0 Å². The number of unbranched alkanes of at least 4 members (excludes halogenated alkanes) is 1. The number of benzene rings is 1. The van der Waals surface area contributed by atoms with E-state index in [0.29, 0.717) is 6.42 Å². The van der Waals surface area contributed by atoms with Crippen LogP contribution < -0.4 is 14.9 Å². The number of nitrogens with zero attached hydrogens (tertiary/aromatic N) is 3. The minimum absolute atomic E-state index is 0.0564. The Morgan fingerprint density at radius 3 is 2.46 bits per heavy atom. The number of anilines is 1. The molecule has 1 heterocycles. The van der Waals surface area contributed by atoms with Crippen molar-refractivity contribution in [2.24, 2.45) is 15.8 Å². The molecule has 0 bridgehead atoms. The normalized spacial score (nSPS) is 22.3. The van der Waals surface area contributed by atoms with Crippen LogP contribution in [0.25, 0.3) is 0 Å². The quantitative estimate of drug-likeness (QED) is 0.522. The summed E-state index contributed by atoms with van der Waals surface area (Å²) in [5, 5.41) is 3.20. The van der Waals surface area contributed by atoms with Crippen LogP contribution in [0.1, 0.15) is 79.7 Å². The Kier molecular flexibility index (Phi) is 7.99. The minimum atomic E-state index is -0.658. The van der Waals surface area contributed by atoms with E-state index in [2.05, 4.69) is 57.0 Å². The van der Waals surface area contributed by atoms with Gasteiger partial charge in [-0.3, -0.25) is 13.7 Å². The zero-order valence-electron chi connectivity index (χ0n) is 22.6. The summed E-state index contributed by atoms with van der Waals surface area (Å²) < 4.78 is 3.03. The van der Waals surface area contributed by atoms with E-state index in [9.17, 15) is 9.59 Å². The first-order valence-electron chi connectivity index (χ1n) is 12.7. The van der Waals surface area contributed by atoms with Gasteiger partial charge in [-0.15, -0.1) is 0 Å². The number of amides is 3. The largest absolute Gasteiger partial charge is 0.334 e. The van der Waals surface area contributed by atoms with Gasteiger partial charge < -0.3 is 5.32 Å². The topological polar surface area (TPSA) is 66.7 Å². The third-order valence-electron chi connectivity index (χ3n) is 7.84. The van der Waals surface area contributed by atoms with E-state index in [1.165, 1.54) is 0 Å². The highest BCUT2D eigenvalue weighted by Gasteiger charge is 2.56. The third kappa shape index (κ3) is 5.55. The van der Waals surface area contributed by atoms with Crippen molar-refractivity contribution in [1.82, 2.24) is 9.27 Å². The van der Waals surface area contributed by atoms with Crippen molar-refractivity contribution < 1.29 is 9.59 Å². The van der Waals surface area contributed by atoms with E-state index in [1.807, 2.05) is 37.3 Å². The first kappa shape index (κ1) is 27.2. The van der Waals surface area contributed by atoms with Crippen molar-refractivity contribution in [3.63, 3.8) is 0 Å². The van der Waals surface area contributed by atoms with Gasteiger partial charge in [-0.1, -0.05) is 52.3 Å². The number of aromatic nitrogens is 1. The molecule has 1 N–H and O–H groups in total. The Hall–Kier alpha value is -2.41. The van der Waals surface area contributed by atoms with E-state index >= 15 is 0 Å². The van der Waals surface area contributed by atoms with Gasteiger partial charge in [-0.05, 0) is 75.5 Å². The highest BCUT2D eigenvalue weighted by atomic mass is 32.1. The zero-order chi connectivity index (χ0) is 26.0. The van der Waals surface area contributed by atoms with Crippen LogP contribution >= 0.6 is 11.5 Å². The maximum Gasteiger partial charge on any atom is 0.321 e. The number of aryl methyl sites for hydroxylation is 1. The highest BCUT2D eigenvalue weighted by molar-refractivity contribution is 7.04. The molecule has 6 nitrogen and oxygen atoms in total. The van der Waals surface area contributed by atoms with Crippen LogP contribution in [-0.4, -0.2) is 29.0 Å². The lowest BCUT2D eigenvalue weighted by atomic mass is 9.67. The smallest absolute Gasteiger partial charge is 0.321 e. The standard InChI is InChI=1S/C28H42N4O2S/c1-9-10-14-20-19-32(26(2,3)4)35-23(20)30-24(33)28(7)18-17-22(27(28,5)6)29-25(34)31(8)21-15-12-11-13-16-21/h11-13,15-16,19,22H,9-10,14,17-18H2,1-8H3,(H,29,34)/t22-,28-/m0/s1. The van der Waals surface area contributed by atoms with Crippen molar-refractivity contribution in [3.8, 4) is 0 Å². The molecule has 3 rings (SSSR count). The number of urea groups is 1. The fraction of sp³-hybridized carbons (Fsp3) is 0.607. The monoisotopic (exact) mass is 498 g/mol. The van der Waals surface area contributed by atoms with Crippen molar-refractivity contribution in [2.75, 3.05) is 11.9 Å². The summed E-state index contributed by atoms with van der Waals surface area (Å²) in [5.41, 5.74) is 0.822. The second-order valence-corrected chi connectivity index (χ2v) is 12.5. The summed E-state index contributed by atoms with van der Waals surface area (Å²) in [6.07, 6.45) is 6.70. The Morgan fingerprint density at radius 2 is 1.86 bits per heavy atom. The van der Waals surface area contributed by atoms with Gasteiger partial charge in [0, 0.05) is 36.1 Å². The van der Waals surface area contributed by atoms with Crippen LogP contribution in [-0.2, 0) is 16.8 Å². The summed E-state index contributed by atoms with van der Waals surface area (Å²) in [6, 6.07) is 9.30. The van der Waals surface area contributed by atoms with Crippen molar-refractivity contribution >= 4 is 29.2 Å². The number of para-hydroxylation sites is 1. The lowest BCUT2D eigenvalue weighted by Crippen LogP contribution is -2.52. The Labute approximate surface area is 214 Å². The summed E-state index contributed by atoms with van der Waals surface area (Å²) in [5.74, 6) is -0.0867. The van der Waals surface area contributed by atoms with Crippen LogP contribution in [0.3, 0.4) is 0 Å². The van der Waals surface area contributed by atoms with Crippen molar-refractivity contribution in [2.45, 2.75) is 92.2 Å². The van der Waals surface area contributed by atoms with Crippen LogP contribution in [0, 0.1) is 10.8 Å². The number of hydrogen-bond donors (Lipinski definition) is 1. The molecule has 35 heavy (non-hydrogen) atoms. The minimum Gasteiger partial charge on any atom is -0.334 e. The molecule has 3 amide bonds. The van der Waals surface area contributed by atoms with Gasteiger partial charge in [-0.25, -0.2) is 9.79 Å². The van der Waals surface area contributed by atoms with Crippen LogP contribution in [0.15, 0.2) is 41.5 Å². The number of carbonyl (C=O) groups is 2. The van der Waals surface area contributed by atoms with Crippen molar-refractivity contribution in [1.29, 1.82) is 0 Å². The first-order chi connectivity index (χ1) is 16.3. The molecule has 0 radical (unpaired) electrons. The summed E-state index contributed by atoms with van der Waals surface area (Å²) >= 11 is 1.57. The molecule has 1 aromatic heterocycles. The second-order valence-electron chi connectivity index (χ2n) is 11.6. The lowest BCUT2D eigenvalue weighted by molar-refractivity contribution is -0.131. The van der Waals surface area contributed by atoms with Gasteiger partial charge in [0.1, 0.15) is 4.67 Å². The molecule has 2 atom stereocenters. The van der Waals surface area contributed by atoms with Gasteiger partial charge in [-0.2, -0.15) is 0 Å². The number of hydrogen-bond acceptors (Lipinski definition) is 3. The van der Waals surface area contributed by atoms with Crippen LogP contribution in [0.5, 0.6) is 0 Å². The Bertz CT molecular complexity index is 1110. The van der Waals surface area contributed by atoms with Gasteiger partial charge in [0.2, 0.25) is 0 Å². The maximum atomic E-state index is 13.7. The number of nitrogens with one attached hydrogen (secondary N) is 1. The molecule has 192 valence electrons. The summed E-state index contributed by atoms with van der Waals surface area (Å²) in [6.45, 7) is 14.9. The predicted molar refractivity (Wildman–Crippen MR) is 145 cm³/mol. The molecule has 0 spiro atoms. The molecular formula is C28H42N4O2S. The first-order valence-corrected chi connectivity index (χ1v) is 13.5. The third-order valence-corrected chi connectivity index (χ3v) is 9.22. The fourth-order valence-electron chi connectivity index (χ4n) is 4.70. The summed E-state index contributed by atoms with van der Waals surface area (Å²) in [4.78, 5) is 33.1. The lowest BCUT2D eigenvalue weighted by Gasteiger charge is -2.39. The molecule has 1 aromatic carbocycles. The van der Waals surface area contributed by atoms with Crippen LogP contribution in [0.4, 0.5) is 10.5 Å². The zero-order valence-corrected chi connectivity index (χ0v) is 23.5. The molecule has 2 aromatic rings. The predicted octanol–water partition coefficient (Wildman–Crippen LogP) is 6.12. The van der Waals surface area contributed by atoms with Gasteiger partial charge in [0.05, 0.1) is 5.41 Å². The molecule has 1 fully saturated rings. The van der Waals surface area contributed by atoms with E-state index < -0.39 is 10.8 Å². The van der Waals surface area contributed by atoms with Crippen LogP contribution in [0.2, 0.25) is 0 Å². The number of rotatable bonds is 6. The molecule has 0 aliphatic heterocycles. The molecule has 0 saturated heterocycles. The molecule has 7 heteroatoms. The summed E-state index contributed by atoms with van der Waals surface area (Å²) in [7, 11) is 1.77. The van der Waals surface area contributed by atoms with Crippen molar-refractivity contribution in [3.05, 3.63) is 46.8 Å². The van der Waals surface area contributed by atoms with E-state index in [4.69, 9.17) is 4.99 Å². The number of carbonyl (C=O) groups excluding carboxylic acids is 2. The van der Waals surface area contributed by atoms with E-state index in [1.54, 1.807) is 23.5 Å². The SMILES string of the molecule is CCCCc1cn(C(C)(C)C)sc1=NC(=O)[C@]1(C)CC[C@H](NC(=O)N(C)c2ccccc2)C1(C)C. The Balaban J connectivity index is 1.85.